The first-order valence-corrected chi connectivity index (χ1v) is 7.15. The van der Waals surface area contributed by atoms with Crippen LogP contribution in [0.4, 0.5) is 5.95 Å². The van der Waals surface area contributed by atoms with Gasteiger partial charge in [-0.05, 0) is 46.2 Å². The Morgan fingerprint density at radius 2 is 1.94 bits per heavy atom. The molecule has 2 rings (SSSR count). The maximum absolute atomic E-state index is 4.49. The van der Waals surface area contributed by atoms with Crippen LogP contribution in [0.25, 0.3) is 0 Å². The molecule has 2 N–H and O–H groups in total. The molecule has 2 heterocycles. The predicted molar refractivity (Wildman–Crippen MR) is 73.9 cm³/mol. The second-order valence-electron chi connectivity index (χ2n) is 5.01. The van der Waals surface area contributed by atoms with Gasteiger partial charge >= 0.3 is 0 Å². The highest BCUT2D eigenvalue weighted by Crippen LogP contribution is 2.36. The van der Waals surface area contributed by atoms with E-state index in [1.165, 1.54) is 5.82 Å². The molecule has 1 fully saturated rings. The molecule has 5 heteroatoms. The SMILES string of the molecule is CCNc1nnc(C2(CC)CCNCC2)n1CC. The molecule has 0 aliphatic carbocycles. The zero-order chi connectivity index (χ0) is 13.0. The van der Waals surface area contributed by atoms with Crippen LogP contribution in [0.1, 0.15) is 45.9 Å². The molecule has 0 bridgehead atoms. The first kappa shape index (κ1) is 13.3. The third kappa shape index (κ3) is 2.23. The minimum atomic E-state index is 0.210. The Balaban J connectivity index is 2.35. The van der Waals surface area contributed by atoms with Gasteiger partial charge in [-0.3, -0.25) is 4.57 Å². The van der Waals surface area contributed by atoms with Gasteiger partial charge in [0, 0.05) is 18.5 Å². The Labute approximate surface area is 109 Å². The van der Waals surface area contributed by atoms with Crippen LogP contribution in [-0.4, -0.2) is 34.4 Å². The Morgan fingerprint density at radius 3 is 2.50 bits per heavy atom. The fourth-order valence-electron chi connectivity index (χ4n) is 2.92. The highest BCUT2D eigenvalue weighted by molar-refractivity contribution is 5.28. The zero-order valence-electron chi connectivity index (χ0n) is 11.8. The van der Waals surface area contributed by atoms with Crippen molar-refractivity contribution >= 4 is 5.95 Å². The summed E-state index contributed by atoms with van der Waals surface area (Å²) in [6, 6.07) is 0. The molecule has 18 heavy (non-hydrogen) atoms. The molecule has 0 unspecified atom stereocenters. The molecule has 1 saturated heterocycles. The van der Waals surface area contributed by atoms with E-state index in [2.05, 4.69) is 46.2 Å². The second kappa shape index (κ2) is 5.69. The van der Waals surface area contributed by atoms with E-state index >= 15 is 0 Å². The normalized spacial score (nSPS) is 18.8. The second-order valence-corrected chi connectivity index (χ2v) is 5.01. The average molecular weight is 251 g/mol. The quantitative estimate of drug-likeness (QED) is 0.837. The molecule has 5 nitrogen and oxygen atoms in total. The van der Waals surface area contributed by atoms with E-state index < -0.39 is 0 Å². The van der Waals surface area contributed by atoms with E-state index in [9.17, 15) is 0 Å². The van der Waals surface area contributed by atoms with E-state index in [0.717, 1.165) is 51.4 Å². The lowest BCUT2D eigenvalue weighted by atomic mass is 9.76. The maximum Gasteiger partial charge on any atom is 0.224 e. The molecule has 1 aliphatic rings. The molecule has 0 atom stereocenters. The molecule has 0 radical (unpaired) electrons. The Bertz CT molecular complexity index is 379. The average Bonchev–Trinajstić information content (AvgIpc) is 2.83. The molecule has 0 saturated carbocycles. The number of hydrogen-bond donors (Lipinski definition) is 2. The first-order valence-electron chi connectivity index (χ1n) is 7.15. The monoisotopic (exact) mass is 251 g/mol. The van der Waals surface area contributed by atoms with Crippen molar-refractivity contribution in [3.63, 3.8) is 0 Å². The van der Waals surface area contributed by atoms with Crippen LogP contribution < -0.4 is 10.6 Å². The number of nitrogens with one attached hydrogen (secondary N) is 2. The van der Waals surface area contributed by atoms with Crippen LogP contribution in [0.5, 0.6) is 0 Å². The lowest BCUT2D eigenvalue weighted by Gasteiger charge is -2.36. The fraction of sp³-hybridized carbons (Fsp3) is 0.846. The summed E-state index contributed by atoms with van der Waals surface area (Å²) in [6.07, 6.45) is 3.46. The lowest BCUT2D eigenvalue weighted by molar-refractivity contribution is 0.273. The Kier molecular flexibility index (Phi) is 4.22. The molecule has 0 aromatic carbocycles. The van der Waals surface area contributed by atoms with E-state index in [0.29, 0.717) is 0 Å². The van der Waals surface area contributed by atoms with Crippen molar-refractivity contribution < 1.29 is 0 Å². The van der Waals surface area contributed by atoms with Crippen molar-refractivity contribution in [2.45, 2.75) is 52.0 Å². The van der Waals surface area contributed by atoms with Crippen LogP contribution in [0.2, 0.25) is 0 Å². The molecule has 102 valence electrons. The van der Waals surface area contributed by atoms with Gasteiger partial charge in [-0.1, -0.05) is 6.92 Å². The van der Waals surface area contributed by atoms with Gasteiger partial charge in [0.25, 0.3) is 0 Å². The summed E-state index contributed by atoms with van der Waals surface area (Å²) in [5.74, 6) is 2.09. The van der Waals surface area contributed by atoms with Crippen molar-refractivity contribution in [1.82, 2.24) is 20.1 Å². The maximum atomic E-state index is 4.49. The molecular weight excluding hydrogens is 226 g/mol. The minimum Gasteiger partial charge on any atom is -0.355 e. The van der Waals surface area contributed by atoms with Crippen LogP contribution in [0.15, 0.2) is 0 Å². The zero-order valence-corrected chi connectivity index (χ0v) is 11.8. The summed E-state index contributed by atoms with van der Waals surface area (Å²) in [5.41, 5.74) is 0.210. The fourth-order valence-corrected chi connectivity index (χ4v) is 2.92. The van der Waals surface area contributed by atoms with Crippen LogP contribution in [-0.2, 0) is 12.0 Å². The van der Waals surface area contributed by atoms with Crippen molar-refractivity contribution in [3.8, 4) is 0 Å². The van der Waals surface area contributed by atoms with E-state index in [1.54, 1.807) is 0 Å². The summed E-state index contributed by atoms with van der Waals surface area (Å²) in [6.45, 7) is 10.5. The number of piperidine rings is 1. The summed E-state index contributed by atoms with van der Waals surface area (Å²) < 4.78 is 2.25. The molecule has 0 spiro atoms. The number of hydrogen-bond acceptors (Lipinski definition) is 4. The third-order valence-electron chi connectivity index (χ3n) is 4.11. The number of nitrogens with zero attached hydrogens (tertiary/aromatic N) is 3. The van der Waals surface area contributed by atoms with Crippen LogP contribution in [0.3, 0.4) is 0 Å². The van der Waals surface area contributed by atoms with Gasteiger partial charge in [-0.15, -0.1) is 10.2 Å². The Morgan fingerprint density at radius 1 is 1.22 bits per heavy atom. The Hall–Kier alpha value is -1.10. The summed E-state index contributed by atoms with van der Waals surface area (Å²) in [5, 5.41) is 15.6. The summed E-state index contributed by atoms with van der Waals surface area (Å²) in [7, 11) is 0. The third-order valence-corrected chi connectivity index (χ3v) is 4.11. The molecule has 1 aromatic heterocycles. The number of aromatic nitrogens is 3. The first-order chi connectivity index (χ1) is 8.77. The van der Waals surface area contributed by atoms with Crippen molar-refractivity contribution in [1.29, 1.82) is 0 Å². The van der Waals surface area contributed by atoms with Gasteiger partial charge < -0.3 is 10.6 Å². The molecule has 1 aliphatic heterocycles. The van der Waals surface area contributed by atoms with Gasteiger partial charge in [0.05, 0.1) is 0 Å². The predicted octanol–water partition coefficient (Wildman–Crippen LogP) is 1.76. The topological polar surface area (TPSA) is 54.8 Å². The highest BCUT2D eigenvalue weighted by Gasteiger charge is 2.37. The van der Waals surface area contributed by atoms with Gasteiger partial charge in [-0.25, -0.2) is 0 Å². The summed E-state index contributed by atoms with van der Waals surface area (Å²) >= 11 is 0. The van der Waals surface area contributed by atoms with Crippen LogP contribution >= 0.6 is 0 Å². The lowest BCUT2D eigenvalue weighted by Crippen LogP contribution is -2.41. The standard InChI is InChI=1S/C13H25N5/c1-4-13(7-9-14-10-8-13)11-16-17-12(15-5-2)18(11)6-3/h14H,4-10H2,1-3H3,(H,15,17). The smallest absolute Gasteiger partial charge is 0.224 e. The van der Waals surface area contributed by atoms with Gasteiger partial charge in [0.15, 0.2) is 0 Å². The minimum absolute atomic E-state index is 0.210. The van der Waals surface area contributed by atoms with Crippen molar-refractivity contribution in [3.05, 3.63) is 5.82 Å². The highest BCUT2D eigenvalue weighted by atomic mass is 15.4. The molecular formula is C13H25N5. The van der Waals surface area contributed by atoms with Crippen LogP contribution in [0, 0.1) is 0 Å². The summed E-state index contributed by atoms with van der Waals surface area (Å²) in [4.78, 5) is 0. The molecule has 0 amide bonds. The van der Waals surface area contributed by atoms with E-state index in [1.807, 2.05) is 0 Å². The number of anilines is 1. The van der Waals surface area contributed by atoms with E-state index in [4.69, 9.17) is 0 Å². The van der Waals surface area contributed by atoms with Crippen molar-refractivity contribution in [2.75, 3.05) is 25.0 Å². The van der Waals surface area contributed by atoms with Gasteiger partial charge in [0.1, 0.15) is 5.82 Å². The van der Waals surface area contributed by atoms with Gasteiger partial charge in [-0.2, -0.15) is 0 Å². The van der Waals surface area contributed by atoms with Gasteiger partial charge in [0.2, 0.25) is 5.95 Å². The largest absolute Gasteiger partial charge is 0.355 e. The molecule has 1 aromatic rings. The van der Waals surface area contributed by atoms with Crippen molar-refractivity contribution in [2.24, 2.45) is 0 Å². The number of rotatable bonds is 5. The van der Waals surface area contributed by atoms with E-state index in [-0.39, 0.29) is 5.41 Å².